The van der Waals surface area contributed by atoms with E-state index in [1.165, 1.54) is 11.6 Å². The van der Waals surface area contributed by atoms with Crippen molar-refractivity contribution in [3.8, 4) is 0 Å². The van der Waals surface area contributed by atoms with Crippen LogP contribution < -0.4 is 0 Å². The van der Waals surface area contributed by atoms with Gasteiger partial charge in [-0.05, 0) is 55.0 Å². The van der Waals surface area contributed by atoms with E-state index in [2.05, 4.69) is 45.2 Å². The Kier molecular flexibility index (Phi) is 5.40. The molecule has 4 heterocycles. The number of halogens is 1. The molecule has 2 aliphatic rings. The van der Waals surface area contributed by atoms with Crippen LogP contribution in [0.15, 0.2) is 54.7 Å². The number of ketones is 1. The van der Waals surface area contributed by atoms with E-state index in [4.69, 9.17) is 9.72 Å². The molecule has 3 aromatic heterocycles. The Morgan fingerprint density at radius 1 is 1.11 bits per heavy atom. The number of aryl methyl sites for hydroxylation is 2. The summed E-state index contributed by atoms with van der Waals surface area (Å²) in [5, 5.41) is 9.20. The van der Waals surface area contributed by atoms with E-state index >= 15 is 4.39 Å². The van der Waals surface area contributed by atoms with Crippen molar-refractivity contribution in [2.75, 3.05) is 13.2 Å². The number of aromatic nitrogens is 5. The normalized spacial score (nSPS) is 18.9. The Morgan fingerprint density at radius 3 is 2.63 bits per heavy atom. The molecule has 7 nitrogen and oxygen atoms in total. The summed E-state index contributed by atoms with van der Waals surface area (Å²) in [5.41, 5.74) is 6.25. The van der Waals surface area contributed by atoms with E-state index in [-0.39, 0.29) is 29.7 Å². The highest BCUT2D eigenvalue weighted by atomic mass is 19.1. The zero-order chi connectivity index (χ0) is 26.0. The number of Topliss-reactive ketones (excluding diaryl/α,β-unsaturated/α-hetero) is 1. The number of ether oxygens (including phenoxy) is 1. The average Bonchev–Trinajstić information content (AvgIpc) is 3.57. The van der Waals surface area contributed by atoms with E-state index in [1.807, 2.05) is 26.1 Å². The zero-order valence-corrected chi connectivity index (χ0v) is 21.4. The molecule has 0 radical (unpaired) electrons. The van der Waals surface area contributed by atoms with Crippen molar-refractivity contribution >= 4 is 27.7 Å². The monoisotopic (exact) mass is 509 g/mol. The van der Waals surface area contributed by atoms with Crippen LogP contribution in [0, 0.1) is 18.7 Å². The Morgan fingerprint density at radius 2 is 1.89 bits per heavy atom. The third kappa shape index (κ3) is 3.36. The van der Waals surface area contributed by atoms with Crippen molar-refractivity contribution in [2.45, 2.75) is 38.1 Å². The highest BCUT2D eigenvalue weighted by Gasteiger charge is 2.41. The molecule has 2 atom stereocenters. The largest absolute Gasteiger partial charge is 0.381 e. The number of carbonyl (C=O) groups excluding carboxylic acids is 1. The third-order valence-electron chi connectivity index (χ3n) is 8.36. The minimum atomic E-state index is -0.486. The van der Waals surface area contributed by atoms with E-state index in [9.17, 15) is 4.79 Å². The lowest BCUT2D eigenvalue weighted by Crippen LogP contribution is -2.27. The minimum absolute atomic E-state index is 0.0269. The van der Waals surface area contributed by atoms with Gasteiger partial charge < -0.3 is 9.30 Å². The van der Waals surface area contributed by atoms with Crippen molar-refractivity contribution in [1.29, 1.82) is 0 Å². The van der Waals surface area contributed by atoms with Crippen LogP contribution in [-0.2, 0) is 11.8 Å². The van der Waals surface area contributed by atoms with Gasteiger partial charge in [0.2, 0.25) is 0 Å². The number of hydrogen-bond donors (Lipinski definition) is 0. The summed E-state index contributed by atoms with van der Waals surface area (Å²) in [7, 11) is 1.83. The molecule has 0 saturated carbocycles. The molecule has 8 heteroatoms. The molecule has 1 fully saturated rings. The van der Waals surface area contributed by atoms with Gasteiger partial charge in [-0.25, -0.2) is 4.39 Å². The second-order valence-electron chi connectivity index (χ2n) is 10.5. The molecular formula is C30H28FN5O2. The molecule has 0 spiro atoms. The summed E-state index contributed by atoms with van der Waals surface area (Å²) in [5.74, 6) is -0.705. The van der Waals surface area contributed by atoms with Crippen LogP contribution in [-0.4, -0.2) is 43.5 Å². The van der Waals surface area contributed by atoms with Crippen molar-refractivity contribution in [3.05, 3.63) is 88.6 Å². The molecule has 0 N–H and O–H groups in total. The number of hydrogen-bond acceptors (Lipinski definition) is 5. The lowest BCUT2D eigenvalue weighted by Gasteiger charge is -2.33. The number of nitrogens with zero attached hydrogens (tertiary/aromatic N) is 5. The fourth-order valence-electron chi connectivity index (χ4n) is 6.81. The molecule has 2 unspecified atom stereocenters. The molecule has 1 aliphatic heterocycles. The standard InChI is InChI=1S/C30H28FN5O2/c1-17-28(35(2)34-33-17)20-16-24(37)26-22(31)15-21-27-23(9-6-12-32-27)36(30(21)25(20)26)29(18-7-4-3-5-8-18)19-10-13-38-14-11-19/h3-9,12,15,19-20,29H,10-11,13-14,16H2,1-2H3. The van der Waals surface area contributed by atoms with Crippen LogP contribution in [0.5, 0.6) is 0 Å². The van der Waals surface area contributed by atoms with Crippen molar-refractivity contribution in [3.63, 3.8) is 0 Å². The van der Waals surface area contributed by atoms with E-state index < -0.39 is 5.82 Å². The number of carbonyl (C=O) groups is 1. The van der Waals surface area contributed by atoms with Gasteiger partial charge >= 0.3 is 0 Å². The first-order valence-corrected chi connectivity index (χ1v) is 13.2. The first-order valence-electron chi connectivity index (χ1n) is 13.2. The van der Waals surface area contributed by atoms with Crippen LogP contribution in [0.25, 0.3) is 21.9 Å². The van der Waals surface area contributed by atoms with Crippen LogP contribution in [0.4, 0.5) is 4.39 Å². The SMILES string of the molecule is Cc1nnn(C)c1C1CC(=O)c2c(F)cc3c4ncccc4n(C(c4ccccc4)C4CCOCC4)c3c21. The van der Waals surface area contributed by atoms with E-state index in [0.717, 1.165) is 51.7 Å². The maximum absolute atomic E-state index is 15.8. The molecule has 2 aromatic carbocycles. The molecule has 0 amide bonds. The van der Waals surface area contributed by atoms with Gasteiger partial charge in [0.1, 0.15) is 5.82 Å². The predicted molar refractivity (Wildman–Crippen MR) is 142 cm³/mol. The number of fused-ring (bicyclic) bond motifs is 5. The Labute approximate surface area is 219 Å². The molecule has 0 bridgehead atoms. The summed E-state index contributed by atoms with van der Waals surface area (Å²) in [4.78, 5) is 18.1. The fraction of sp³-hybridized carbons (Fsp3) is 0.333. The number of benzene rings is 2. The molecule has 5 aromatic rings. The summed E-state index contributed by atoms with van der Waals surface area (Å²) in [6, 6.07) is 16.0. The van der Waals surface area contributed by atoms with E-state index in [0.29, 0.717) is 19.1 Å². The van der Waals surface area contributed by atoms with E-state index in [1.54, 1.807) is 10.9 Å². The van der Waals surface area contributed by atoms with Crippen LogP contribution >= 0.6 is 0 Å². The first kappa shape index (κ1) is 23.2. The summed E-state index contributed by atoms with van der Waals surface area (Å²) in [6.07, 6.45) is 3.77. The summed E-state index contributed by atoms with van der Waals surface area (Å²) < 4.78 is 25.6. The molecule has 1 saturated heterocycles. The highest BCUT2D eigenvalue weighted by molar-refractivity contribution is 6.13. The minimum Gasteiger partial charge on any atom is -0.381 e. The van der Waals surface area contributed by atoms with Crippen molar-refractivity contribution in [2.24, 2.45) is 13.0 Å². The molecule has 38 heavy (non-hydrogen) atoms. The Balaban J connectivity index is 1.62. The number of rotatable bonds is 4. The Bertz CT molecular complexity index is 1680. The quantitative estimate of drug-likeness (QED) is 0.320. The van der Waals surface area contributed by atoms with Crippen LogP contribution in [0.2, 0.25) is 0 Å². The zero-order valence-electron chi connectivity index (χ0n) is 21.4. The highest BCUT2D eigenvalue weighted by Crippen LogP contribution is 2.48. The van der Waals surface area contributed by atoms with Crippen molar-refractivity contribution in [1.82, 2.24) is 24.5 Å². The van der Waals surface area contributed by atoms with Gasteiger partial charge in [-0.1, -0.05) is 35.5 Å². The predicted octanol–water partition coefficient (Wildman–Crippen LogP) is 5.50. The van der Waals surface area contributed by atoms with Gasteiger partial charge in [0.15, 0.2) is 5.78 Å². The number of pyridine rings is 1. The molecule has 1 aliphatic carbocycles. The second kappa shape index (κ2) is 8.84. The maximum Gasteiger partial charge on any atom is 0.167 e. The van der Waals surface area contributed by atoms with Gasteiger partial charge in [0, 0.05) is 44.2 Å². The molecule has 7 rings (SSSR count). The first-order chi connectivity index (χ1) is 18.5. The van der Waals surface area contributed by atoms with Gasteiger partial charge in [-0.15, -0.1) is 5.10 Å². The lowest BCUT2D eigenvalue weighted by molar-refractivity contribution is 0.0552. The van der Waals surface area contributed by atoms with Gasteiger partial charge in [0.25, 0.3) is 0 Å². The van der Waals surface area contributed by atoms with Crippen LogP contribution in [0.3, 0.4) is 0 Å². The third-order valence-corrected chi connectivity index (χ3v) is 8.36. The summed E-state index contributed by atoms with van der Waals surface area (Å²) in [6.45, 7) is 3.31. The smallest absolute Gasteiger partial charge is 0.167 e. The van der Waals surface area contributed by atoms with Crippen molar-refractivity contribution < 1.29 is 13.9 Å². The topological polar surface area (TPSA) is 74.8 Å². The van der Waals surface area contributed by atoms with Gasteiger partial charge in [-0.3, -0.25) is 14.5 Å². The fourth-order valence-corrected chi connectivity index (χ4v) is 6.81. The lowest BCUT2D eigenvalue weighted by atomic mass is 9.86. The summed E-state index contributed by atoms with van der Waals surface area (Å²) >= 11 is 0. The maximum atomic E-state index is 15.8. The molecule has 192 valence electrons. The second-order valence-corrected chi connectivity index (χ2v) is 10.5. The Hall–Kier alpha value is -3.91. The van der Waals surface area contributed by atoms with Gasteiger partial charge in [0.05, 0.1) is 39.5 Å². The van der Waals surface area contributed by atoms with Crippen LogP contribution in [0.1, 0.15) is 64.1 Å². The average molecular weight is 510 g/mol. The molecular weight excluding hydrogens is 481 g/mol. The van der Waals surface area contributed by atoms with Gasteiger partial charge in [-0.2, -0.15) is 0 Å².